The molecule has 1 amide bonds. The Hall–Kier alpha value is -1.58. The van der Waals surface area contributed by atoms with Gasteiger partial charge in [-0.25, -0.2) is 4.98 Å². The average Bonchev–Trinajstić information content (AvgIpc) is 2.29. The molecule has 0 bridgehead atoms. The van der Waals surface area contributed by atoms with Gasteiger partial charge in [-0.3, -0.25) is 4.79 Å². The van der Waals surface area contributed by atoms with E-state index in [1.807, 2.05) is 4.90 Å². The molecule has 0 unspecified atom stereocenters. The molecule has 1 fully saturated rings. The first kappa shape index (κ1) is 11.9. The van der Waals surface area contributed by atoms with Crippen LogP contribution in [0.4, 0.5) is 5.69 Å². The van der Waals surface area contributed by atoms with Gasteiger partial charge in [0, 0.05) is 18.3 Å². The summed E-state index contributed by atoms with van der Waals surface area (Å²) in [5, 5.41) is 0. The molecule has 0 spiro atoms. The lowest BCUT2D eigenvalue weighted by atomic mass is 9.97. The summed E-state index contributed by atoms with van der Waals surface area (Å²) in [5.41, 5.74) is 6.65. The van der Waals surface area contributed by atoms with E-state index in [9.17, 15) is 4.79 Å². The van der Waals surface area contributed by atoms with Crippen molar-refractivity contribution in [1.82, 2.24) is 9.88 Å². The average molecular weight is 233 g/mol. The Morgan fingerprint density at radius 3 is 2.65 bits per heavy atom. The molecule has 1 aliphatic heterocycles. The molecule has 92 valence electrons. The Balaban J connectivity index is 2.27. The summed E-state index contributed by atoms with van der Waals surface area (Å²) in [5.74, 6) is -0.0391. The fraction of sp³-hybridized carbons (Fsp3) is 0.538. The smallest absolute Gasteiger partial charge is 0.275 e. The molecule has 0 radical (unpaired) electrons. The van der Waals surface area contributed by atoms with E-state index in [4.69, 9.17) is 5.73 Å². The van der Waals surface area contributed by atoms with Crippen LogP contribution in [0, 0.1) is 0 Å². The number of anilines is 1. The number of pyridine rings is 1. The molecule has 2 rings (SSSR count). The van der Waals surface area contributed by atoms with Crippen molar-refractivity contribution < 1.29 is 4.79 Å². The van der Waals surface area contributed by atoms with E-state index in [1.165, 1.54) is 6.42 Å². The lowest BCUT2D eigenvalue weighted by molar-refractivity contribution is 0.0506. The summed E-state index contributed by atoms with van der Waals surface area (Å²) in [6.45, 7) is 4.18. The molecule has 0 aliphatic carbocycles. The highest BCUT2D eigenvalue weighted by molar-refractivity contribution is 5.97. The molecule has 2 N–H and O–H groups in total. The number of nitrogens with two attached hydrogens (primary N) is 1. The van der Waals surface area contributed by atoms with E-state index in [0.717, 1.165) is 12.8 Å². The zero-order chi connectivity index (χ0) is 12.4. The predicted octanol–water partition coefficient (Wildman–Crippen LogP) is 2.07. The Kier molecular flexibility index (Phi) is 3.31. The summed E-state index contributed by atoms with van der Waals surface area (Å²) in [7, 11) is 0. The number of nitrogen functional groups attached to an aromatic ring is 1. The standard InChI is InChI=1S/C13H19N3O/c1-9-5-3-6-10(2)16(9)13(17)12-11(14)7-4-8-15-12/h4,7-10H,3,5-6,14H2,1-2H3/t9-,10+. The van der Waals surface area contributed by atoms with Crippen molar-refractivity contribution in [2.24, 2.45) is 0 Å². The molecule has 1 saturated heterocycles. The van der Waals surface area contributed by atoms with E-state index < -0.39 is 0 Å². The fourth-order valence-corrected chi connectivity index (χ4v) is 2.54. The van der Waals surface area contributed by atoms with E-state index >= 15 is 0 Å². The van der Waals surface area contributed by atoms with Crippen LogP contribution in [0.1, 0.15) is 43.6 Å². The molecular weight excluding hydrogens is 214 g/mol. The number of nitrogens with zero attached hydrogens (tertiary/aromatic N) is 2. The third-order valence-corrected chi connectivity index (χ3v) is 3.47. The van der Waals surface area contributed by atoms with Crippen molar-refractivity contribution in [3.63, 3.8) is 0 Å². The minimum atomic E-state index is -0.0391. The van der Waals surface area contributed by atoms with Crippen LogP contribution in [0.25, 0.3) is 0 Å². The lowest BCUT2D eigenvalue weighted by Gasteiger charge is -2.38. The monoisotopic (exact) mass is 233 g/mol. The molecule has 4 nitrogen and oxygen atoms in total. The van der Waals surface area contributed by atoms with E-state index in [2.05, 4.69) is 18.8 Å². The van der Waals surface area contributed by atoms with Gasteiger partial charge in [-0.2, -0.15) is 0 Å². The molecular formula is C13H19N3O. The van der Waals surface area contributed by atoms with Gasteiger partial charge in [0.15, 0.2) is 5.69 Å². The maximum absolute atomic E-state index is 12.4. The number of amides is 1. The number of carbonyl (C=O) groups excluding carboxylic acids is 1. The number of carbonyl (C=O) groups is 1. The summed E-state index contributed by atoms with van der Waals surface area (Å²) < 4.78 is 0. The highest BCUT2D eigenvalue weighted by Crippen LogP contribution is 2.25. The molecule has 0 aromatic carbocycles. The second kappa shape index (κ2) is 4.73. The number of rotatable bonds is 1. The highest BCUT2D eigenvalue weighted by Gasteiger charge is 2.30. The second-order valence-corrected chi connectivity index (χ2v) is 4.78. The van der Waals surface area contributed by atoms with Crippen molar-refractivity contribution in [2.75, 3.05) is 5.73 Å². The first-order valence-electron chi connectivity index (χ1n) is 6.14. The Morgan fingerprint density at radius 1 is 1.41 bits per heavy atom. The third-order valence-electron chi connectivity index (χ3n) is 3.47. The van der Waals surface area contributed by atoms with Gasteiger partial charge in [-0.1, -0.05) is 0 Å². The van der Waals surface area contributed by atoms with Crippen molar-refractivity contribution >= 4 is 11.6 Å². The molecule has 2 atom stereocenters. The van der Waals surface area contributed by atoms with Crippen molar-refractivity contribution in [1.29, 1.82) is 0 Å². The van der Waals surface area contributed by atoms with Crippen molar-refractivity contribution in [3.8, 4) is 0 Å². The molecule has 1 aromatic rings. The zero-order valence-electron chi connectivity index (χ0n) is 10.4. The molecule has 1 aliphatic rings. The first-order valence-corrected chi connectivity index (χ1v) is 6.14. The van der Waals surface area contributed by atoms with Gasteiger partial charge in [0.05, 0.1) is 5.69 Å². The van der Waals surface area contributed by atoms with Gasteiger partial charge in [0.1, 0.15) is 0 Å². The second-order valence-electron chi connectivity index (χ2n) is 4.78. The summed E-state index contributed by atoms with van der Waals surface area (Å²) in [6.07, 6.45) is 4.92. The fourth-order valence-electron chi connectivity index (χ4n) is 2.54. The van der Waals surface area contributed by atoms with E-state index in [-0.39, 0.29) is 18.0 Å². The number of hydrogen-bond acceptors (Lipinski definition) is 3. The van der Waals surface area contributed by atoms with Crippen LogP contribution in [-0.4, -0.2) is 27.9 Å². The van der Waals surface area contributed by atoms with Crippen molar-refractivity contribution in [3.05, 3.63) is 24.0 Å². The molecule has 4 heteroatoms. The highest BCUT2D eigenvalue weighted by atomic mass is 16.2. The number of piperidine rings is 1. The Morgan fingerprint density at radius 2 is 2.06 bits per heavy atom. The van der Waals surface area contributed by atoms with Crippen LogP contribution in [0.15, 0.2) is 18.3 Å². The third kappa shape index (κ3) is 2.25. The van der Waals surface area contributed by atoms with E-state index in [1.54, 1.807) is 18.3 Å². The van der Waals surface area contributed by atoms with Crippen LogP contribution < -0.4 is 5.73 Å². The summed E-state index contributed by atoms with van der Waals surface area (Å²) in [6, 6.07) is 4.01. The molecule has 1 aromatic heterocycles. The van der Waals surface area contributed by atoms with Gasteiger partial charge in [0.2, 0.25) is 0 Å². The van der Waals surface area contributed by atoms with Crippen LogP contribution in [0.5, 0.6) is 0 Å². The number of aromatic nitrogens is 1. The Labute approximate surface area is 102 Å². The van der Waals surface area contributed by atoms with Crippen LogP contribution in [-0.2, 0) is 0 Å². The van der Waals surface area contributed by atoms with Crippen molar-refractivity contribution in [2.45, 2.75) is 45.2 Å². The predicted molar refractivity (Wildman–Crippen MR) is 67.6 cm³/mol. The quantitative estimate of drug-likeness (QED) is 0.807. The SMILES string of the molecule is C[C@@H]1CCC[C@H](C)N1C(=O)c1ncccc1N. The molecule has 2 heterocycles. The van der Waals surface area contributed by atoms with Crippen LogP contribution >= 0.6 is 0 Å². The van der Waals surface area contributed by atoms with Gasteiger partial charge in [0.25, 0.3) is 5.91 Å². The molecule has 17 heavy (non-hydrogen) atoms. The first-order chi connectivity index (χ1) is 8.11. The zero-order valence-corrected chi connectivity index (χ0v) is 10.4. The Bertz CT molecular complexity index is 409. The van der Waals surface area contributed by atoms with Crippen LogP contribution in [0.2, 0.25) is 0 Å². The number of hydrogen-bond donors (Lipinski definition) is 1. The van der Waals surface area contributed by atoms with E-state index in [0.29, 0.717) is 11.4 Å². The maximum atomic E-state index is 12.4. The topological polar surface area (TPSA) is 59.2 Å². The minimum Gasteiger partial charge on any atom is -0.397 e. The molecule has 0 saturated carbocycles. The maximum Gasteiger partial charge on any atom is 0.275 e. The van der Waals surface area contributed by atoms with Gasteiger partial charge < -0.3 is 10.6 Å². The minimum absolute atomic E-state index is 0.0391. The van der Waals surface area contributed by atoms with Gasteiger partial charge in [-0.05, 0) is 45.2 Å². The lowest BCUT2D eigenvalue weighted by Crippen LogP contribution is -2.47. The number of likely N-dealkylation sites (tertiary alicyclic amines) is 1. The summed E-state index contributed by atoms with van der Waals surface area (Å²) >= 11 is 0. The largest absolute Gasteiger partial charge is 0.397 e. The van der Waals surface area contributed by atoms with Gasteiger partial charge >= 0.3 is 0 Å². The summed E-state index contributed by atoms with van der Waals surface area (Å²) in [4.78, 5) is 18.4. The van der Waals surface area contributed by atoms with Crippen LogP contribution in [0.3, 0.4) is 0 Å². The van der Waals surface area contributed by atoms with Gasteiger partial charge in [-0.15, -0.1) is 0 Å². The normalized spacial score (nSPS) is 24.7.